The molecule has 0 amide bonds. The van der Waals surface area contributed by atoms with Crippen molar-refractivity contribution < 1.29 is 14.3 Å². The van der Waals surface area contributed by atoms with Crippen LogP contribution < -0.4 is 16.3 Å². The van der Waals surface area contributed by atoms with Gasteiger partial charge in [-0.05, 0) is 37.8 Å². The Morgan fingerprint density at radius 3 is 2.75 bits per heavy atom. The van der Waals surface area contributed by atoms with Gasteiger partial charge in [-0.3, -0.25) is 4.79 Å². The molecule has 7 heteroatoms. The van der Waals surface area contributed by atoms with Crippen LogP contribution in [0.2, 0.25) is 0 Å². The molecule has 0 spiro atoms. The lowest BCUT2D eigenvalue weighted by atomic mass is 9.96. The lowest BCUT2D eigenvalue weighted by molar-refractivity contribution is 0.0696. The SMILES string of the molecule is Bc1ccc(Nc2c(C(=O)O)cn(CC3CC3)c(=O)c2C)c(F)c1. The second-order valence-corrected chi connectivity index (χ2v) is 6.36. The Balaban J connectivity index is 2.06. The monoisotopic (exact) mass is 328 g/mol. The predicted molar refractivity (Wildman–Crippen MR) is 93.0 cm³/mol. The van der Waals surface area contributed by atoms with Crippen LogP contribution >= 0.6 is 0 Å². The van der Waals surface area contributed by atoms with Gasteiger partial charge in [-0.25, -0.2) is 9.18 Å². The zero-order valence-electron chi connectivity index (χ0n) is 13.6. The molecule has 1 aliphatic carbocycles. The topological polar surface area (TPSA) is 71.3 Å². The van der Waals surface area contributed by atoms with Crippen LogP contribution in [0.1, 0.15) is 28.8 Å². The normalized spacial score (nSPS) is 13.8. The molecule has 0 aliphatic heterocycles. The van der Waals surface area contributed by atoms with Crippen LogP contribution in [0, 0.1) is 18.7 Å². The second kappa shape index (κ2) is 6.15. The summed E-state index contributed by atoms with van der Waals surface area (Å²) in [4.78, 5) is 24.1. The molecule has 1 fully saturated rings. The van der Waals surface area contributed by atoms with Gasteiger partial charge in [0.15, 0.2) is 0 Å². The minimum atomic E-state index is -1.15. The summed E-state index contributed by atoms with van der Waals surface area (Å²) in [5.74, 6) is -1.21. The Morgan fingerprint density at radius 2 is 2.17 bits per heavy atom. The predicted octanol–water partition coefficient (Wildman–Crippen LogP) is 1.41. The number of nitrogens with zero attached hydrogens (tertiary/aromatic N) is 1. The average Bonchev–Trinajstić information content (AvgIpc) is 3.32. The molecule has 1 heterocycles. The highest BCUT2D eigenvalue weighted by Crippen LogP contribution is 2.31. The number of rotatable bonds is 5. The fraction of sp³-hybridized carbons (Fsp3) is 0.294. The van der Waals surface area contributed by atoms with E-state index in [1.807, 2.05) is 0 Å². The Bertz CT molecular complexity index is 875. The first-order chi connectivity index (χ1) is 11.4. The number of carboxylic acids is 1. The van der Waals surface area contributed by atoms with Gasteiger partial charge in [-0.15, -0.1) is 0 Å². The van der Waals surface area contributed by atoms with Crippen molar-refractivity contribution in [2.24, 2.45) is 5.92 Å². The van der Waals surface area contributed by atoms with E-state index in [-0.39, 0.29) is 28.1 Å². The molecule has 2 N–H and O–H groups in total. The molecular formula is C17H18BFN2O3. The van der Waals surface area contributed by atoms with Crippen LogP contribution in [0.3, 0.4) is 0 Å². The van der Waals surface area contributed by atoms with Crippen molar-refractivity contribution in [2.45, 2.75) is 26.3 Å². The first-order valence-corrected chi connectivity index (χ1v) is 7.87. The Morgan fingerprint density at radius 1 is 1.46 bits per heavy atom. The number of aromatic nitrogens is 1. The standard InChI is InChI=1S/C17H18BFN2O3/c1-9-15(20-14-5-4-11(18)6-13(14)19)12(17(23)24)8-21(16(9)22)7-10-2-3-10/h4-6,8,10,20H,2-3,7,18H2,1H3,(H,23,24). The van der Waals surface area contributed by atoms with Crippen molar-refractivity contribution >= 4 is 30.7 Å². The molecule has 0 bridgehead atoms. The van der Waals surface area contributed by atoms with Crippen molar-refractivity contribution in [3.8, 4) is 0 Å². The molecule has 1 aliphatic rings. The summed E-state index contributed by atoms with van der Waals surface area (Å²) in [6.07, 6.45) is 3.47. The molecule has 24 heavy (non-hydrogen) atoms. The van der Waals surface area contributed by atoms with E-state index in [2.05, 4.69) is 5.32 Å². The van der Waals surface area contributed by atoms with Crippen molar-refractivity contribution in [3.63, 3.8) is 0 Å². The smallest absolute Gasteiger partial charge is 0.339 e. The van der Waals surface area contributed by atoms with Crippen molar-refractivity contribution in [1.82, 2.24) is 4.57 Å². The third-order valence-electron chi connectivity index (χ3n) is 4.28. The molecule has 1 aromatic heterocycles. The van der Waals surface area contributed by atoms with Gasteiger partial charge in [0.25, 0.3) is 5.56 Å². The Hall–Kier alpha value is -2.57. The Kier molecular flexibility index (Phi) is 4.17. The van der Waals surface area contributed by atoms with Gasteiger partial charge in [-0.2, -0.15) is 0 Å². The number of halogens is 1. The summed E-state index contributed by atoms with van der Waals surface area (Å²) in [7, 11) is 1.76. The zero-order chi connectivity index (χ0) is 17.4. The second-order valence-electron chi connectivity index (χ2n) is 6.36. The van der Waals surface area contributed by atoms with Gasteiger partial charge in [0.2, 0.25) is 0 Å². The number of hydrogen-bond donors (Lipinski definition) is 2. The number of carbonyl (C=O) groups is 1. The number of anilines is 2. The Labute approximate surface area is 139 Å². The van der Waals surface area contributed by atoms with Crippen LogP contribution in [0.4, 0.5) is 15.8 Å². The van der Waals surface area contributed by atoms with Gasteiger partial charge in [-0.1, -0.05) is 11.5 Å². The van der Waals surface area contributed by atoms with E-state index in [9.17, 15) is 19.1 Å². The van der Waals surface area contributed by atoms with Crippen LogP contribution in [0.5, 0.6) is 0 Å². The summed E-state index contributed by atoms with van der Waals surface area (Å²) in [5.41, 5.74) is 1.03. The third kappa shape index (κ3) is 3.20. The number of aromatic carboxylic acids is 1. The average molecular weight is 328 g/mol. The number of benzene rings is 1. The van der Waals surface area contributed by atoms with Crippen molar-refractivity contribution in [3.05, 3.63) is 51.7 Å². The number of carboxylic acid groups (broad SMARTS) is 1. The molecule has 5 nitrogen and oxygen atoms in total. The van der Waals surface area contributed by atoms with E-state index in [0.717, 1.165) is 18.3 Å². The van der Waals surface area contributed by atoms with Crippen LogP contribution in [-0.4, -0.2) is 23.5 Å². The number of nitrogens with one attached hydrogen (secondary N) is 1. The molecule has 0 saturated heterocycles. The fourth-order valence-electron chi connectivity index (χ4n) is 2.70. The van der Waals surface area contributed by atoms with E-state index in [1.165, 1.54) is 22.9 Å². The van der Waals surface area contributed by atoms with E-state index in [4.69, 9.17) is 0 Å². The van der Waals surface area contributed by atoms with Crippen LogP contribution in [0.15, 0.2) is 29.2 Å². The summed E-state index contributed by atoms with van der Waals surface area (Å²) < 4.78 is 15.5. The molecule has 0 atom stereocenters. The van der Waals surface area contributed by atoms with Gasteiger partial charge < -0.3 is 15.0 Å². The minimum Gasteiger partial charge on any atom is -0.478 e. The fourth-order valence-corrected chi connectivity index (χ4v) is 2.70. The highest BCUT2D eigenvalue weighted by Gasteiger charge is 2.25. The van der Waals surface area contributed by atoms with Gasteiger partial charge in [0, 0.05) is 18.3 Å². The summed E-state index contributed by atoms with van der Waals surface area (Å²) >= 11 is 0. The molecule has 3 rings (SSSR count). The van der Waals surface area contributed by atoms with Gasteiger partial charge in [0.1, 0.15) is 13.7 Å². The maximum Gasteiger partial charge on any atom is 0.339 e. The first kappa shape index (κ1) is 16.3. The highest BCUT2D eigenvalue weighted by atomic mass is 19.1. The van der Waals surface area contributed by atoms with Gasteiger partial charge >= 0.3 is 5.97 Å². The zero-order valence-corrected chi connectivity index (χ0v) is 13.6. The lowest BCUT2D eigenvalue weighted by Crippen LogP contribution is -2.26. The summed E-state index contributed by atoms with van der Waals surface area (Å²) in [6, 6.07) is 4.60. The van der Waals surface area contributed by atoms with Crippen LogP contribution in [-0.2, 0) is 6.54 Å². The summed E-state index contributed by atoms with van der Waals surface area (Å²) in [5, 5.41) is 12.3. The summed E-state index contributed by atoms with van der Waals surface area (Å²) in [6.45, 7) is 2.09. The van der Waals surface area contributed by atoms with E-state index in [0.29, 0.717) is 12.5 Å². The molecule has 0 unspecified atom stereocenters. The minimum absolute atomic E-state index is 0.0345. The molecule has 124 valence electrons. The number of hydrogen-bond acceptors (Lipinski definition) is 3. The molecule has 2 aromatic rings. The van der Waals surface area contributed by atoms with E-state index < -0.39 is 11.8 Å². The van der Waals surface area contributed by atoms with Crippen LogP contribution in [0.25, 0.3) is 0 Å². The maximum absolute atomic E-state index is 14.1. The molecule has 1 saturated carbocycles. The van der Waals surface area contributed by atoms with E-state index in [1.54, 1.807) is 20.8 Å². The quantitative estimate of drug-likeness (QED) is 0.814. The lowest BCUT2D eigenvalue weighted by Gasteiger charge is -2.16. The van der Waals surface area contributed by atoms with E-state index >= 15 is 0 Å². The first-order valence-electron chi connectivity index (χ1n) is 7.87. The molecule has 1 aromatic carbocycles. The third-order valence-corrected chi connectivity index (χ3v) is 4.28. The molecule has 0 radical (unpaired) electrons. The van der Waals surface area contributed by atoms with Crippen molar-refractivity contribution in [1.29, 1.82) is 0 Å². The highest BCUT2D eigenvalue weighted by molar-refractivity contribution is 6.32. The number of pyridine rings is 1. The largest absolute Gasteiger partial charge is 0.478 e. The van der Waals surface area contributed by atoms with Crippen molar-refractivity contribution in [2.75, 3.05) is 5.32 Å². The van der Waals surface area contributed by atoms with Gasteiger partial charge in [0.05, 0.1) is 16.9 Å². The molecular weight excluding hydrogens is 310 g/mol. The maximum atomic E-state index is 14.1.